The molecule has 182 valence electrons. The number of pyridine rings is 1. The van der Waals surface area contributed by atoms with Crippen molar-refractivity contribution in [2.24, 2.45) is 0 Å². The lowest BCUT2D eigenvalue weighted by Gasteiger charge is -2.29. The molecule has 0 spiro atoms. The van der Waals surface area contributed by atoms with Crippen molar-refractivity contribution in [1.82, 2.24) is 14.9 Å². The van der Waals surface area contributed by atoms with Gasteiger partial charge in [0, 0.05) is 46.0 Å². The minimum absolute atomic E-state index is 0.00960. The fraction of sp³-hybridized carbons (Fsp3) is 0.179. The molecule has 0 radical (unpaired) electrons. The smallest absolute Gasteiger partial charge is 0.224 e. The van der Waals surface area contributed by atoms with Crippen LogP contribution in [0.15, 0.2) is 89.7 Å². The summed E-state index contributed by atoms with van der Waals surface area (Å²) in [5, 5.41) is 7.13. The molecule has 2 aromatic heterocycles. The second-order valence-electron chi connectivity index (χ2n) is 8.68. The van der Waals surface area contributed by atoms with Crippen molar-refractivity contribution in [1.29, 1.82) is 0 Å². The quantitative estimate of drug-likeness (QED) is 0.265. The number of halogens is 1. The molecule has 1 aliphatic heterocycles. The number of aromatic nitrogens is 2. The average Bonchev–Trinajstić information content (AvgIpc) is 3.50. The molecule has 1 aliphatic rings. The van der Waals surface area contributed by atoms with Gasteiger partial charge in [0.15, 0.2) is 5.11 Å². The maximum atomic E-state index is 12.0. The first kappa shape index (κ1) is 24.2. The number of hydrogen-bond donors (Lipinski definition) is 2. The number of rotatable bonds is 6. The highest BCUT2D eigenvalue weighted by Crippen LogP contribution is 2.43. The summed E-state index contributed by atoms with van der Waals surface area (Å²) in [4.78, 5) is 18.8. The summed E-state index contributed by atoms with van der Waals surface area (Å²) in [6.07, 6.45) is 4.31. The normalized spacial score (nSPS) is 17.2. The zero-order valence-corrected chi connectivity index (χ0v) is 22.4. The Hall–Kier alpha value is -3.49. The van der Waals surface area contributed by atoms with Crippen molar-refractivity contribution in [2.75, 3.05) is 10.2 Å². The Labute approximate surface area is 224 Å². The van der Waals surface area contributed by atoms with Gasteiger partial charge in [-0.3, -0.25) is 9.78 Å². The predicted molar refractivity (Wildman–Crippen MR) is 152 cm³/mol. The Kier molecular flexibility index (Phi) is 6.89. The topological polar surface area (TPSA) is 62.2 Å². The van der Waals surface area contributed by atoms with E-state index in [0.29, 0.717) is 11.5 Å². The van der Waals surface area contributed by atoms with E-state index >= 15 is 0 Å². The third kappa shape index (κ3) is 4.66. The van der Waals surface area contributed by atoms with E-state index in [1.54, 1.807) is 0 Å². The van der Waals surface area contributed by atoms with Gasteiger partial charge in [0.1, 0.15) is 6.04 Å². The van der Waals surface area contributed by atoms with Gasteiger partial charge in [-0.2, -0.15) is 0 Å². The van der Waals surface area contributed by atoms with Crippen molar-refractivity contribution >= 4 is 50.5 Å². The maximum Gasteiger partial charge on any atom is 0.224 e. The van der Waals surface area contributed by atoms with Crippen molar-refractivity contribution in [3.63, 3.8) is 0 Å². The van der Waals surface area contributed by atoms with Crippen molar-refractivity contribution in [2.45, 2.75) is 32.4 Å². The van der Waals surface area contributed by atoms with E-state index < -0.39 is 0 Å². The van der Waals surface area contributed by atoms with Gasteiger partial charge in [-0.25, -0.2) is 0 Å². The first-order valence-corrected chi connectivity index (χ1v) is 13.0. The highest BCUT2D eigenvalue weighted by Gasteiger charge is 2.42. The second-order valence-corrected chi connectivity index (χ2v) is 9.98. The summed E-state index contributed by atoms with van der Waals surface area (Å²) in [5.41, 5.74) is 5.79. The molecule has 1 saturated heterocycles. The largest absolute Gasteiger partial charge is 0.351 e. The lowest BCUT2D eigenvalue weighted by Crippen LogP contribution is -2.30. The summed E-state index contributed by atoms with van der Waals surface area (Å²) in [5.74, 6) is -0.00960. The number of hydrogen-bond acceptors (Lipinski definition) is 3. The van der Waals surface area contributed by atoms with E-state index in [1.165, 1.54) is 0 Å². The number of anilines is 2. The van der Waals surface area contributed by atoms with Crippen LogP contribution in [0.1, 0.15) is 42.4 Å². The van der Waals surface area contributed by atoms with E-state index in [2.05, 4.69) is 77.5 Å². The van der Waals surface area contributed by atoms with Crippen LogP contribution in [0.25, 0.3) is 5.69 Å². The van der Waals surface area contributed by atoms with Gasteiger partial charge in [0.05, 0.1) is 11.7 Å². The first-order chi connectivity index (χ1) is 17.5. The number of benzene rings is 2. The van der Waals surface area contributed by atoms with Crippen LogP contribution < -0.4 is 15.5 Å². The molecule has 0 aliphatic carbocycles. The van der Waals surface area contributed by atoms with Crippen molar-refractivity contribution < 1.29 is 4.79 Å². The molecule has 5 rings (SSSR count). The van der Waals surface area contributed by atoms with Gasteiger partial charge >= 0.3 is 0 Å². The molecule has 1 amide bonds. The van der Waals surface area contributed by atoms with Crippen LogP contribution in [-0.4, -0.2) is 20.6 Å². The van der Waals surface area contributed by atoms with Gasteiger partial charge in [-0.15, -0.1) is 0 Å². The molecule has 4 aromatic rings. The van der Waals surface area contributed by atoms with E-state index in [9.17, 15) is 4.79 Å². The summed E-state index contributed by atoms with van der Waals surface area (Å²) >= 11 is 9.43. The van der Waals surface area contributed by atoms with Crippen LogP contribution in [0.2, 0.25) is 0 Å². The maximum absolute atomic E-state index is 12.0. The molecule has 6 nitrogen and oxygen atoms in total. The number of nitrogens with zero attached hydrogens (tertiary/aromatic N) is 3. The van der Waals surface area contributed by atoms with E-state index in [-0.39, 0.29) is 18.0 Å². The molecule has 8 heteroatoms. The van der Waals surface area contributed by atoms with Gasteiger partial charge < -0.3 is 20.1 Å². The van der Waals surface area contributed by atoms with Crippen molar-refractivity contribution in [3.8, 4) is 5.69 Å². The Bertz CT molecular complexity index is 1400. The van der Waals surface area contributed by atoms with Gasteiger partial charge in [0.25, 0.3) is 0 Å². The summed E-state index contributed by atoms with van der Waals surface area (Å²) in [6, 6.07) is 24.1. The van der Waals surface area contributed by atoms with Gasteiger partial charge in [-0.1, -0.05) is 28.9 Å². The molecule has 1 fully saturated rings. The lowest BCUT2D eigenvalue weighted by molar-refractivity contribution is -0.115. The van der Waals surface area contributed by atoms with E-state index in [1.807, 2.05) is 62.5 Å². The third-order valence-electron chi connectivity index (χ3n) is 6.37. The zero-order valence-electron chi connectivity index (χ0n) is 20.0. The molecule has 0 bridgehead atoms. The number of thiocarbonyl (C=S) groups is 1. The summed E-state index contributed by atoms with van der Waals surface area (Å²) < 4.78 is 3.22. The zero-order chi connectivity index (χ0) is 25.2. The highest BCUT2D eigenvalue weighted by atomic mass is 79.9. The van der Waals surface area contributed by atoms with Crippen LogP contribution in [-0.2, 0) is 4.79 Å². The van der Waals surface area contributed by atoms with Crippen LogP contribution in [0.4, 0.5) is 11.4 Å². The minimum atomic E-state index is -0.151. The summed E-state index contributed by atoms with van der Waals surface area (Å²) in [6.45, 7) is 3.84. The molecule has 0 unspecified atom stereocenters. The predicted octanol–water partition coefficient (Wildman–Crippen LogP) is 6.47. The van der Waals surface area contributed by atoms with Crippen LogP contribution in [0, 0.1) is 6.92 Å². The first-order valence-electron chi connectivity index (χ1n) is 11.8. The molecule has 0 saturated carbocycles. The Morgan fingerprint density at radius 2 is 1.86 bits per heavy atom. The molecule has 2 N–H and O–H groups in total. The molecular formula is C28H26BrN5OS. The fourth-order valence-electron chi connectivity index (χ4n) is 4.58. The SMILES string of the molecule is CCC(=O)Nc1ccc(N2C(=S)N[C@H](c3ccccn3)[C@@H]2c2cccn2-c2ccc(Br)cc2)cc1C. The Morgan fingerprint density at radius 3 is 2.56 bits per heavy atom. The number of nitrogens with one attached hydrogen (secondary N) is 2. The molecular weight excluding hydrogens is 534 g/mol. The number of aryl methyl sites for hydroxylation is 1. The highest BCUT2D eigenvalue weighted by molar-refractivity contribution is 9.10. The standard InChI is InChI=1S/C28H26BrN5OS/c1-3-25(35)31-22-14-13-21(17-18(22)2)34-27(26(32-28(34)36)23-7-4-5-15-30-23)24-8-6-16-33(24)20-11-9-19(29)10-12-20/h4-17,26-27H,3H2,1-2H3,(H,31,35)(H,32,36)/t26-,27+/m1/s1. The monoisotopic (exact) mass is 559 g/mol. The molecule has 2 atom stereocenters. The molecule has 2 aromatic carbocycles. The Morgan fingerprint density at radius 1 is 1.08 bits per heavy atom. The molecule has 36 heavy (non-hydrogen) atoms. The average molecular weight is 561 g/mol. The fourth-order valence-corrected chi connectivity index (χ4v) is 5.19. The van der Waals surface area contributed by atoms with Gasteiger partial charge in [0.2, 0.25) is 5.91 Å². The van der Waals surface area contributed by atoms with Gasteiger partial charge in [-0.05, 0) is 91.4 Å². The minimum Gasteiger partial charge on any atom is -0.351 e. The molecule has 3 heterocycles. The van der Waals surface area contributed by atoms with E-state index in [4.69, 9.17) is 12.2 Å². The number of amides is 1. The number of carbonyl (C=O) groups excluding carboxylic acids is 1. The van der Waals surface area contributed by atoms with E-state index in [0.717, 1.165) is 38.5 Å². The van der Waals surface area contributed by atoms with Crippen LogP contribution in [0.3, 0.4) is 0 Å². The summed E-state index contributed by atoms with van der Waals surface area (Å²) in [7, 11) is 0. The van der Waals surface area contributed by atoms with Crippen LogP contribution >= 0.6 is 28.1 Å². The van der Waals surface area contributed by atoms with Crippen molar-refractivity contribution in [3.05, 3.63) is 107 Å². The lowest BCUT2D eigenvalue weighted by atomic mass is 10.00. The van der Waals surface area contributed by atoms with Crippen LogP contribution in [0.5, 0.6) is 0 Å². The Balaban J connectivity index is 1.61. The number of carbonyl (C=O) groups is 1. The third-order valence-corrected chi connectivity index (χ3v) is 7.21. The second kappa shape index (κ2) is 10.2.